The fraction of sp³-hybridized carbons (Fsp3) is 0.600. The first-order valence-corrected chi connectivity index (χ1v) is 8.61. The van der Waals surface area contributed by atoms with Crippen molar-refractivity contribution in [1.82, 2.24) is 0 Å². The van der Waals surface area contributed by atoms with Crippen molar-refractivity contribution in [2.75, 3.05) is 14.2 Å². The van der Waals surface area contributed by atoms with Gasteiger partial charge in [0.15, 0.2) is 0 Å². The maximum absolute atomic E-state index is 5.71. The predicted molar refractivity (Wildman–Crippen MR) is 93.1 cm³/mol. The lowest BCUT2D eigenvalue weighted by Gasteiger charge is -2.24. The fourth-order valence-electron chi connectivity index (χ4n) is 3.42. The van der Waals surface area contributed by atoms with Crippen molar-refractivity contribution in [1.29, 1.82) is 0 Å². The molecule has 0 N–H and O–H groups in total. The number of aryl methyl sites for hydroxylation is 1. The van der Waals surface area contributed by atoms with Crippen LogP contribution in [0.2, 0.25) is 0 Å². The minimum Gasteiger partial charge on any atom is -0.496 e. The molecule has 0 saturated heterocycles. The van der Waals surface area contributed by atoms with E-state index in [9.17, 15) is 0 Å². The Balaban J connectivity index is 2.33. The minimum absolute atomic E-state index is 0.420. The molecule has 2 heteroatoms. The molecule has 1 aliphatic carbocycles. The van der Waals surface area contributed by atoms with Gasteiger partial charge in [0.2, 0.25) is 0 Å². The Morgan fingerprint density at radius 2 is 1.77 bits per heavy atom. The average Bonchev–Trinajstić information content (AvgIpc) is 2.54. The molecule has 1 aromatic carbocycles. The van der Waals surface area contributed by atoms with Gasteiger partial charge in [0.05, 0.1) is 14.2 Å². The number of rotatable bonds is 7. The summed E-state index contributed by atoms with van der Waals surface area (Å²) in [5.41, 5.74) is 4.03. The minimum atomic E-state index is 0.420. The first kappa shape index (κ1) is 16.9. The van der Waals surface area contributed by atoms with Gasteiger partial charge in [0.25, 0.3) is 0 Å². The molecule has 0 heterocycles. The molecular formula is C20H30O2. The summed E-state index contributed by atoms with van der Waals surface area (Å²) in [5, 5.41) is 0. The maximum Gasteiger partial charge on any atom is 0.126 e. The van der Waals surface area contributed by atoms with Crippen molar-refractivity contribution < 1.29 is 9.47 Å². The lowest BCUT2D eigenvalue weighted by molar-refractivity contribution is 0.378. The molecule has 0 fully saturated rings. The Morgan fingerprint density at radius 3 is 2.32 bits per heavy atom. The Bertz CT molecular complexity index is 491. The number of allylic oxidation sites excluding steroid dienone is 2. The first-order chi connectivity index (χ1) is 10.7. The summed E-state index contributed by atoms with van der Waals surface area (Å²) < 4.78 is 11.4. The third-order valence-electron chi connectivity index (χ3n) is 4.62. The van der Waals surface area contributed by atoms with E-state index in [2.05, 4.69) is 32.1 Å². The van der Waals surface area contributed by atoms with Crippen LogP contribution in [0.5, 0.6) is 11.5 Å². The van der Waals surface area contributed by atoms with Gasteiger partial charge in [0.1, 0.15) is 11.5 Å². The summed E-state index contributed by atoms with van der Waals surface area (Å²) in [4.78, 5) is 0. The lowest BCUT2D eigenvalue weighted by Crippen LogP contribution is -2.07. The Hall–Kier alpha value is -1.44. The molecule has 1 unspecified atom stereocenters. The van der Waals surface area contributed by atoms with Crippen LogP contribution >= 0.6 is 0 Å². The summed E-state index contributed by atoms with van der Waals surface area (Å²) in [5.74, 6) is 2.40. The van der Waals surface area contributed by atoms with Crippen LogP contribution in [0.25, 0.3) is 0 Å². The molecule has 1 aromatic rings. The summed E-state index contributed by atoms with van der Waals surface area (Å²) in [7, 11) is 3.54. The molecule has 0 aromatic heterocycles. The second-order valence-corrected chi connectivity index (χ2v) is 6.38. The van der Waals surface area contributed by atoms with Gasteiger partial charge in [-0.15, -0.1) is 0 Å². The average molecular weight is 302 g/mol. The molecular weight excluding hydrogens is 272 g/mol. The van der Waals surface area contributed by atoms with Gasteiger partial charge in [-0.25, -0.2) is 0 Å². The van der Waals surface area contributed by atoms with Crippen LogP contribution in [0.4, 0.5) is 0 Å². The van der Waals surface area contributed by atoms with E-state index in [4.69, 9.17) is 9.47 Å². The SMILES string of the molecule is CCCCCc1cc(OC)c(C2C=C(C)CCC2)c(OC)c1. The predicted octanol–water partition coefficient (Wildman–Crippen LogP) is 5.65. The quantitative estimate of drug-likeness (QED) is 0.478. The van der Waals surface area contributed by atoms with Gasteiger partial charge in [-0.2, -0.15) is 0 Å². The molecule has 1 aliphatic rings. The molecule has 2 nitrogen and oxygen atoms in total. The largest absolute Gasteiger partial charge is 0.496 e. The van der Waals surface area contributed by atoms with Gasteiger partial charge in [-0.1, -0.05) is 31.4 Å². The number of ether oxygens (including phenoxy) is 2. The molecule has 0 aliphatic heterocycles. The maximum atomic E-state index is 5.71. The van der Waals surface area contributed by atoms with E-state index >= 15 is 0 Å². The second-order valence-electron chi connectivity index (χ2n) is 6.38. The molecule has 2 rings (SSSR count). The number of methoxy groups -OCH3 is 2. The fourth-order valence-corrected chi connectivity index (χ4v) is 3.42. The third kappa shape index (κ3) is 4.06. The zero-order valence-electron chi connectivity index (χ0n) is 14.6. The molecule has 22 heavy (non-hydrogen) atoms. The van der Waals surface area contributed by atoms with E-state index in [0.717, 1.165) is 17.9 Å². The highest BCUT2D eigenvalue weighted by Gasteiger charge is 2.22. The number of hydrogen-bond donors (Lipinski definition) is 0. The van der Waals surface area contributed by atoms with E-state index in [1.165, 1.54) is 55.2 Å². The summed E-state index contributed by atoms with van der Waals surface area (Å²) >= 11 is 0. The highest BCUT2D eigenvalue weighted by Crippen LogP contribution is 2.42. The van der Waals surface area contributed by atoms with E-state index in [-0.39, 0.29) is 0 Å². The van der Waals surface area contributed by atoms with Crippen LogP contribution in [-0.2, 0) is 6.42 Å². The molecule has 0 bridgehead atoms. The van der Waals surface area contributed by atoms with Gasteiger partial charge in [-0.3, -0.25) is 0 Å². The topological polar surface area (TPSA) is 18.5 Å². The van der Waals surface area contributed by atoms with Gasteiger partial charge in [0, 0.05) is 11.5 Å². The molecule has 122 valence electrons. The summed E-state index contributed by atoms with van der Waals surface area (Å²) in [6.45, 7) is 4.46. The third-order valence-corrected chi connectivity index (χ3v) is 4.62. The van der Waals surface area contributed by atoms with Crippen molar-refractivity contribution in [3.05, 3.63) is 34.9 Å². The summed E-state index contributed by atoms with van der Waals surface area (Å²) in [6.07, 6.45) is 10.9. The van der Waals surface area contributed by atoms with Crippen molar-refractivity contribution in [3.8, 4) is 11.5 Å². The Labute approximate surface area is 135 Å². The van der Waals surface area contributed by atoms with Gasteiger partial charge >= 0.3 is 0 Å². The lowest BCUT2D eigenvalue weighted by atomic mass is 9.84. The highest BCUT2D eigenvalue weighted by atomic mass is 16.5. The zero-order chi connectivity index (χ0) is 15.9. The van der Waals surface area contributed by atoms with Crippen molar-refractivity contribution in [3.63, 3.8) is 0 Å². The Kier molecular flexibility index (Phi) is 6.35. The van der Waals surface area contributed by atoms with Crippen LogP contribution in [0.15, 0.2) is 23.8 Å². The first-order valence-electron chi connectivity index (χ1n) is 8.61. The van der Waals surface area contributed by atoms with Crippen LogP contribution < -0.4 is 9.47 Å². The number of hydrogen-bond acceptors (Lipinski definition) is 2. The van der Waals surface area contributed by atoms with E-state index in [0.29, 0.717) is 5.92 Å². The Morgan fingerprint density at radius 1 is 1.09 bits per heavy atom. The number of benzene rings is 1. The van der Waals surface area contributed by atoms with Gasteiger partial charge < -0.3 is 9.47 Å². The standard InChI is InChI=1S/C20H30O2/c1-5-6-7-10-16-13-18(21-3)20(19(14-16)22-4)17-11-8-9-15(2)12-17/h12-14,17H,5-11H2,1-4H3. The zero-order valence-corrected chi connectivity index (χ0v) is 14.6. The molecule has 0 amide bonds. The van der Waals surface area contributed by atoms with Crippen molar-refractivity contribution >= 4 is 0 Å². The van der Waals surface area contributed by atoms with Gasteiger partial charge in [-0.05, 0) is 56.7 Å². The second kappa shape index (κ2) is 8.26. The van der Waals surface area contributed by atoms with Crippen molar-refractivity contribution in [2.24, 2.45) is 0 Å². The van der Waals surface area contributed by atoms with E-state index < -0.39 is 0 Å². The van der Waals surface area contributed by atoms with Crippen LogP contribution in [0, 0.1) is 0 Å². The van der Waals surface area contributed by atoms with E-state index in [1.807, 2.05) is 0 Å². The summed E-state index contributed by atoms with van der Waals surface area (Å²) in [6, 6.07) is 4.43. The van der Waals surface area contributed by atoms with Crippen LogP contribution in [0.1, 0.15) is 69.4 Å². The van der Waals surface area contributed by atoms with Crippen LogP contribution in [-0.4, -0.2) is 14.2 Å². The normalized spacial score (nSPS) is 18.0. The highest BCUT2D eigenvalue weighted by molar-refractivity contribution is 5.52. The number of unbranched alkanes of at least 4 members (excludes halogenated alkanes) is 2. The van der Waals surface area contributed by atoms with Crippen LogP contribution in [0.3, 0.4) is 0 Å². The smallest absolute Gasteiger partial charge is 0.126 e. The molecule has 0 radical (unpaired) electrons. The monoisotopic (exact) mass is 302 g/mol. The molecule has 0 spiro atoms. The molecule has 1 atom stereocenters. The molecule has 0 saturated carbocycles. The van der Waals surface area contributed by atoms with Crippen molar-refractivity contribution in [2.45, 2.75) is 64.7 Å². The van der Waals surface area contributed by atoms with E-state index in [1.54, 1.807) is 14.2 Å².